The first-order valence-electron chi connectivity index (χ1n) is 6.40. The summed E-state index contributed by atoms with van der Waals surface area (Å²) in [4.78, 5) is 11.4. The van der Waals surface area contributed by atoms with Crippen LogP contribution in [0.5, 0.6) is 0 Å². The predicted octanol–water partition coefficient (Wildman–Crippen LogP) is 4.22. The Morgan fingerprint density at radius 3 is 2.48 bits per heavy atom. The number of hydrogen-bond donors (Lipinski definition) is 1. The second-order valence-electron chi connectivity index (χ2n) is 5.03. The van der Waals surface area contributed by atoms with Gasteiger partial charge in [-0.15, -0.1) is 0 Å². The Hall–Kier alpha value is -2.16. The fourth-order valence-corrected chi connectivity index (χ4v) is 1.97. The molecule has 0 spiro atoms. The molecule has 1 atom stereocenters. The Bertz CT molecular complexity index is 667. The Morgan fingerprint density at radius 1 is 1.30 bits per heavy atom. The molecule has 0 aliphatic carbocycles. The molecule has 1 aliphatic rings. The molecule has 0 bridgehead atoms. The van der Waals surface area contributed by atoms with Gasteiger partial charge in [0.05, 0.1) is 17.9 Å². The van der Waals surface area contributed by atoms with E-state index in [0.717, 1.165) is 0 Å². The molecule has 1 aliphatic heterocycles. The number of carbonyl (C=O) groups excluding carboxylic acids is 1. The molecule has 9 heteroatoms. The molecule has 1 heterocycles. The first kappa shape index (κ1) is 17.2. The maximum absolute atomic E-state index is 13.5. The van der Waals surface area contributed by atoms with Crippen molar-refractivity contribution in [1.82, 2.24) is 0 Å². The highest BCUT2D eigenvalue weighted by Gasteiger charge is 2.64. The average Bonchev–Trinajstić information content (AvgIpc) is 2.39. The molecule has 2 rings (SSSR count). The maximum atomic E-state index is 13.5. The molecular weight excluding hydrogens is 325 g/mol. The lowest BCUT2D eigenvalue weighted by molar-refractivity contribution is -0.368. The molecule has 0 saturated heterocycles. The summed E-state index contributed by atoms with van der Waals surface area (Å²) in [5.41, 5.74) is -0.784. The molecule has 1 aromatic carbocycles. The number of cyclic esters (lactones) is 1. The topological polar surface area (TPSA) is 47.6 Å². The highest BCUT2D eigenvalue weighted by atomic mass is 19.4. The van der Waals surface area contributed by atoms with Crippen molar-refractivity contribution in [3.05, 3.63) is 41.0 Å². The highest BCUT2D eigenvalue weighted by Crippen LogP contribution is 2.48. The maximum Gasteiger partial charge on any atom is 0.460 e. The number of amides is 1. The molecule has 0 saturated carbocycles. The van der Waals surface area contributed by atoms with Crippen molar-refractivity contribution in [1.29, 1.82) is 0 Å². The van der Waals surface area contributed by atoms with Crippen molar-refractivity contribution in [3.63, 3.8) is 0 Å². The lowest BCUT2D eigenvalue weighted by Crippen LogP contribution is -2.52. The zero-order chi connectivity index (χ0) is 17.4. The Morgan fingerprint density at radius 2 is 1.91 bits per heavy atom. The molecule has 4 nitrogen and oxygen atoms in total. The van der Waals surface area contributed by atoms with Gasteiger partial charge in [-0.3, -0.25) is 5.32 Å². The van der Waals surface area contributed by atoms with Crippen LogP contribution in [-0.2, 0) is 15.3 Å². The van der Waals surface area contributed by atoms with Gasteiger partial charge >= 0.3 is 18.1 Å². The van der Waals surface area contributed by atoms with Gasteiger partial charge < -0.3 is 9.47 Å². The van der Waals surface area contributed by atoms with Crippen LogP contribution in [-0.4, -0.2) is 18.9 Å². The predicted molar refractivity (Wildman–Crippen MR) is 69.6 cm³/mol. The quantitative estimate of drug-likeness (QED) is 0.663. The summed E-state index contributed by atoms with van der Waals surface area (Å²) >= 11 is 0. The van der Waals surface area contributed by atoms with Gasteiger partial charge in [0.1, 0.15) is 0 Å². The van der Waals surface area contributed by atoms with Crippen LogP contribution in [0.15, 0.2) is 23.8 Å². The van der Waals surface area contributed by atoms with E-state index in [1.165, 1.54) is 6.08 Å². The van der Waals surface area contributed by atoms with Crippen LogP contribution >= 0.6 is 0 Å². The molecule has 1 amide bonds. The van der Waals surface area contributed by atoms with E-state index in [0.29, 0.717) is 17.7 Å². The van der Waals surface area contributed by atoms with Crippen LogP contribution in [0.25, 0.3) is 0 Å². The number of anilines is 1. The average molecular weight is 337 g/mol. The number of ether oxygens (including phenoxy) is 2. The second-order valence-corrected chi connectivity index (χ2v) is 5.03. The summed E-state index contributed by atoms with van der Waals surface area (Å²) in [6, 6.07) is 0.732. The minimum atomic E-state index is -5.21. The van der Waals surface area contributed by atoms with E-state index >= 15 is 0 Å². The number of benzene rings is 1. The summed E-state index contributed by atoms with van der Waals surface area (Å²) in [6.07, 6.45) is -5.37. The van der Waals surface area contributed by atoms with Gasteiger partial charge in [-0.2, -0.15) is 13.2 Å². The van der Waals surface area contributed by atoms with Crippen molar-refractivity contribution in [2.75, 3.05) is 11.9 Å². The van der Waals surface area contributed by atoms with E-state index in [4.69, 9.17) is 4.74 Å². The lowest BCUT2D eigenvalue weighted by Gasteiger charge is -2.38. The number of allylic oxidation sites excluding steroid dienone is 1. The molecule has 0 radical (unpaired) electrons. The van der Waals surface area contributed by atoms with Gasteiger partial charge in [-0.05, 0) is 19.9 Å². The number of hydrogen-bond acceptors (Lipinski definition) is 3. The monoisotopic (exact) mass is 337 g/mol. The first-order chi connectivity index (χ1) is 10.6. The summed E-state index contributed by atoms with van der Waals surface area (Å²) in [7, 11) is 0. The van der Waals surface area contributed by atoms with Gasteiger partial charge in [0.15, 0.2) is 11.6 Å². The molecule has 126 valence electrons. The van der Waals surface area contributed by atoms with E-state index in [1.807, 2.05) is 5.32 Å². The van der Waals surface area contributed by atoms with Gasteiger partial charge in [-0.25, -0.2) is 13.6 Å². The second kappa shape index (κ2) is 5.80. The van der Waals surface area contributed by atoms with Crippen molar-refractivity contribution >= 4 is 11.8 Å². The summed E-state index contributed by atoms with van der Waals surface area (Å²) < 4.78 is 76.4. The third kappa shape index (κ3) is 3.14. The third-order valence-electron chi connectivity index (χ3n) is 3.04. The molecule has 0 fully saturated rings. The van der Waals surface area contributed by atoms with Gasteiger partial charge in [0, 0.05) is 6.07 Å². The number of alkyl halides is 3. The SMILES string of the molecule is CC(C)=CCOC1(C(F)(F)F)OC(=O)Nc2cc(F)c(F)cc21. The standard InChI is InChI=1S/C14H12F5NO3/c1-7(2)3-4-22-13(14(17,18)19)8-5-9(15)10(16)6-11(8)20-12(21)23-13/h3,5-6H,4H2,1-2H3,(H,20,21). The summed E-state index contributed by atoms with van der Waals surface area (Å²) in [6.45, 7) is 2.70. The number of fused-ring (bicyclic) bond motifs is 1. The van der Waals surface area contributed by atoms with E-state index < -0.39 is 47.5 Å². The third-order valence-corrected chi connectivity index (χ3v) is 3.04. The Kier molecular flexibility index (Phi) is 4.34. The molecule has 1 unspecified atom stereocenters. The van der Waals surface area contributed by atoms with Crippen molar-refractivity contribution in [2.24, 2.45) is 0 Å². The van der Waals surface area contributed by atoms with E-state index in [2.05, 4.69) is 4.74 Å². The van der Waals surface area contributed by atoms with Crippen LogP contribution < -0.4 is 5.32 Å². The Labute approximate surface area is 127 Å². The normalized spacial score (nSPS) is 20.4. The molecule has 1 N–H and O–H groups in total. The first-order valence-corrected chi connectivity index (χ1v) is 6.40. The molecule has 0 aromatic heterocycles. The molecule has 23 heavy (non-hydrogen) atoms. The van der Waals surface area contributed by atoms with Gasteiger partial charge in [0.2, 0.25) is 0 Å². The number of rotatable bonds is 3. The van der Waals surface area contributed by atoms with Crippen LogP contribution in [0, 0.1) is 11.6 Å². The zero-order valence-electron chi connectivity index (χ0n) is 12.1. The summed E-state index contributed by atoms with van der Waals surface area (Å²) in [5.74, 6) is -6.46. The number of carbonyl (C=O) groups is 1. The Balaban J connectivity index is 2.60. The zero-order valence-corrected chi connectivity index (χ0v) is 12.1. The van der Waals surface area contributed by atoms with Crippen molar-refractivity contribution < 1.29 is 36.2 Å². The minimum absolute atomic E-state index is 0.292. The lowest BCUT2D eigenvalue weighted by atomic mass is 10.0. The molecule has 1 aromatic rings. The summed E-state index contributed by atoms with van der Waals surface area (Å²) in [5, 5.41) is 1.89. The van der Waals surface area contributed by atoms with Gasteiger partial charge in [-0.1, -0.05) is 11.6 Å². The largest absolute Gasteiger partial charge is 0.460 e. The fourth-order valence-electron chi connectivity index (χ4n) is 1.97. The van der Waals surface area contributed by atoms with E-state index in [1.54, 1.807) is 13.8 Å². The minimum Gasteiger partial charge on any atom is -0.402 e. The van der Waals surface area contributed by atoms with Crippen LogP contribution in [0.1, 0.15) is 19.4 Å². The van der Waals surface area contributed by atoms with E-state index in [-0.39, 0.29) is 0 Å². The highest BCUT2D eigenvalue weighted by molar-refractivity contribution is 5.88. The number of halogens is 5. The smallest absolute Gasteiger partial charge is 0.402 e. The fraction of sp³-hybridized carbons (Fsp3) is 0.357. The van der Waals surface area contributed by atoms with Crippen molar-refractivity contribution in [3.8, 4) is 0 Å². The molecular formula is C14H12F5NO3. The van der Waals surface area contributed by atoms with Crippen molar-refractivity contribution in [2.45, 2.75) is 25.8 Å². The van der Waals surface area contributed by atoms with Crippen LogP contribution in [0.2, 0.25) is 0 Å². The van der Waals surface area contributed by atoms with E-state index in [9.17, 15) is 26.7 Å². The number of nitrogens with one attached hydrogen (secondary N) is 1. The van der Waals surface area contributed by atoms with Gasteiger partial charge in [0.25, 0.3) is 0 Å². The van der Waals surface area contributed by atoms with Crippen LogP contribution in [0.3, 0.4) is 0 Å². The van der Waals surface area contributed by atoms with Crippen LogP contribution in [0.4, 0.5) is 32.4 Å².